The summed E-state index contributed by atoms with van der Waals surface area (Å²) in [7, 11) is 0. The fourth-order valence-electron chi connectivity index (χ4n) is 3.45. The molecule has 3 unspecified atom stereocenters. The van der Waals surface area contributed by atoms with Gasteiger partial charge in [-0.25, -0.2) is 4.21 Å². The minimum Gasteiger partial charge on any atom is -0.460 e. The first kappa shape index (κ1) is 23.3. The average molecular weight is 475 g/mol. The van der Waals surface area contributed by atoms with Crippen LogP contribution in [-0.2, 0) is 20.6 Å². The van der Waals surface area contributed by atoms with Crippen molar-refractivity contribution in [1.82, 2.24) is 4.90 Å². The molecule has 158 valence electrons. The second kappa shape index (κ2) is 9.69. The number of carbonyl (C=O) groups is 1. The van der Waals surface area contributed by atoms with E-state index in [2.05, 4.69) is 33.0 Å². The van der Waals surface area contributed by atoms with Crippen LogP contribution in [0.4, 0.5) is 5.69 Å². The maximum atomic E-state index is 12.8. The Hall–Kier alpha value is -0.960. The molecule has 1 aromatic rings. The third kappa shape index (κ3) is 6.27. The summed E-state index contributed by atoms with van der Waals surface area (Å²) in [5, 5.41) is -0.776. The summed E-state index contributed by atoms with van der Waals surface area (Å²) in [6.45, 7) is 11.9. The monoisotopic (exact) mass is 474 g/mol. The molecule has 0 amide bonds. The van der Waals surface area contributed by atoms with Crippen LogP contribution in [0.2, 0.25) is 0 Å². The molecule has 3 atom stereocenters. The number of halogens is 1. The molecular formula is C20H31BrN2O4S. The molecule has 6 nitrogen and oxygen atoms in total. The molecule has 2 rings (SSSR count). The van der Waals surface area contributed by atoms with Gasteiger partial charge in [-0.2, -0.15) is 0 Å². The van der Waals surface area contributed by atoms with Gasteiger partial charge >= 0.3 is 5.97 Å². The largest absolute Gasteiger partial charge is 0.460 e. The Balaban J connectivity index is 2.13. The van der Waals surface area contributed by atoms with E-state index >= 15 is 0 Å². The molecule has 28 heavy (non-hydrogen) atoms. The van der Waals surface area contributed by atoms with Gasteiger partial charge in [-0.05, 0) is 51.0 Å². The Morgan fingerprint density at radius 3 is 2.11 bits per heavy atom. The maximum Gasteiger partial charge on any atom is 0.312 e. The van der Waals surface area contributed by atoms with Gasteiger partial charge in [0.05, 0.1) is 5.92 Å². The highest BCUT2D eigenvalue weighted by Gasteiger charge is 2.42. The van der Waals surface area contributed by atoms with Crippen molar-refractivity contribution < 1.29 is 18.3 Å². The summed E-state index contributed by atoms with van der Waals surface area (Å²) < 4.78 is 28.9. The number of benzene rings is 1. The van der Waals surface area contributed by atoms with Gasteiger partial charge in [-0.15, -0.1) is 0 Å². The number of anilines is 1. The summed E-state index contributed by atoms with van der Waals surface area (Å²) in [5.74, 6) is -1.19. The Morgan fingerprint density at radius 2 is 1.68 bits per heavy atom. The topological polar surface area (TPSA) is 70.1 Å². The molecule has 1 fully saturated rings. The van der Waals surface area contributed by atoms with Crippen LogP contribution < -0.4 is 4.90 Å². The van der Waals surface area contributed by atoms with E-state index in [4.69, 9.17) is 4.74 Å². The predicted octanol–water partition coefficient (Wildman–Crippen LogP) is 3.73. The molecule has 0 aliphatic carbocycles. The Bertz CT molecular complexity index is 682. The average Bonchev–Trinajstić information content (AvgIpc) is 2.58. The number of piperazine rings is 1. The summed E-state index contributed by atoms with van der Waals surface area (Å²) in [6.07, 6.45) is 0. The summed E-state index contributed by atoms with van der Waals surface area (Å²) >= 11 is 1.29. The molecule has 0 radical (unpaired) electrons. The van der Waals surface area contributed by atoms with E-state index in [1.54, 1.807) is 0 Å². The Labute approximate surface area is 179 Å². The first-order valence-corrected chi connectivity index (χ1v) is 11.5. The molecule has 1 N–H and O–H groups in total. The van der Waals surface area contributed by atoms with E-state index in [-0.39, 0.29) is 5.92 Å². The lowest BCUT2D eigenvalue weighted by molar-refractivity contribution is -0.163. The van der Waals surface area contributed by atoms with Crippen molar-refractivity contribution >= 4 is 38.7 Å². The van der Waals surface area contributed by atoms with E-state index in [9.17, 15) is 13.6 Å². The molecule has 1 aliphatic rings. The smallest absolute Gasteiger partial charge is 0.312 e. The first-order chi connectivity index (χ1) is 13.0. The van der Waals surface area contributed by atoms with Crippen LogP contribution in [0.15, 0.2) is 28.7 Å². The maximum absolute atomic E-state index is 12.8. The number of esters is 1. The SMILES string of the molecule is CC(C)C(C(=O)OC(C)(C)C)C(N1CCN(c2ccc(Br)cc2)CC1)S(=O)O. The quantitative estimate of drug-likeness (QED) is 0.500. The van der Waals surface area contributed by atoms with Crippen LogP contribution in [0.25, 0.3) is 0 Å². The van der Waals surface area contributed by atoms with Crippen LogP contribution >= 0.6 is 15.9 Å². The number of hydrogen-bond acceptors (Lipinski definition) is 5. The Morgan fingerprint density at radius 1 is 1.14 bits per heavy atom. The molecule has 1 heterocycles. The molecule has 0 spiro atoms. The zero-order chi connectivity index (χ0) is 21.1. The molecule has 8 heteroatoms. The zero-order valence-corrected chi connectivity index (χ0v) is 19.6. The number of rotatable bonds is 6. The molecule has 0 aromatic heterocycles. The minimum atomic E-state index is -2.16. The van der Waals surface area contributed by atoms with Gasteiger partial charge in [0.1, 0.15) is 11.0 Å². The van der Waals surface area contributed by atoms with Gasteiger partial charge in [0.15, 0.2) is 11.1 Å². The highest BCUT2D eigenvalue weighted by atomic mass is 79.9. The van der Waals surface area contributed by atoms with Crippen molar-refractivity contribution in [3.8, 4) is 0 Å². The van der Waals surface area contributed by atoms with Crippen LogP contribution in [0, 0.1) is 11.8 Å². The van der Waals surface area contributed by atoms with E-state index in [1.165, 1.54) is 0 Å². The van der Waals surface area contributed by atoms with E-state index in [1.807, 2.05) is 51.7 Å². The van der Waals surface area contributed by atoms with E-state index < -0.39 is 33.9 Å². The molecule has 1 aliphatic heterocycles. The van der Waals surface area contributed by atoms with Gasteiger partial charge in [0.2, 0.25) is 0 Å². The van der Waals surface area contributed by atoms with Crippen LogP contribution in [-0.4, -0.2) is 56.8 Å². The first-order valence-electron chi connectivity index (χ1n) is 9.56. The fourth-order valence-corrected chi connectivity index (χ4v) is 4.86. The highest BCUT2D eigenvalue weighted by molar-refractivity contribution is 9.10. The van der Waals surface area contributed by atoms with Crippen molar-refractivity contribution in [2.24, 2.45) is 11.8 Å². The van der Waals surface area contributed by atoms with Crippen LogP contribution in [0.3, 0.4) is 0 Å². The summed E-state index contributed by atoms with van der Waals surface area (Å²) in [5.41, 5.74) is 0.489. The van der Waals surface area contributed by atoms with Crippen molar-refractivity contribution in [3.05, 3.63) is 28.7 Å². The fraction of sp³-hybridized carbons (Fsp3) is 0.650. The predicted molar refractivity (Wildman–Crippen MR) is 117 cm³/mol. The third-order valence-corrected chi connectivity index (χ3v) is 6.31. The lowest BCUT2D eigenvalue weighted by Crippen LogP contribution is -2.56. The molecule has 1 aromatic carbocycles. The second-order valence-electron chi connectivity index (χ2n) is 8.47. The zero-order valence-electron chi connectivity index (χ0n) is 17.2. The standard InChI is InChI=1S/C20H31BrN2O4S/c1-14(2)17(19(24)27-20(3,4)5)18(28(25)26)23-12-10-22(11-13-23)16-8-6-15(21)7-9-16/h6-9,14,17-18H,10-13H2,1-5H3,(H,25,26). The van der Waals surface area contributed by atoms with Gasteiger partial charge < -0.3 is 14.2 Å². The second-order valence-corrected chi connectivity index (χ2v) is 10.4. The normalized spacial score (nSPS) is 19.4. The van der Waals surface area contributed by atoms with Crippen molar-refractivity contribution in [2.45, 2.75) is 45.6 Å². The van der Waals surface area contributed by atoms with Gasteiger partial charge in [-0.1, -0.05) is 29.8 Å². The highest BCUT2D eigenvalue weighted by Crippen LogP contribution is 2.28. The number of hydrogen-bond donors (Lipinski definition) is 1. The molecule has 1 saturated heterocycles. The van der Waals surface area contributed by atoms with Crippen molar-refractivity contribution in [2.75, 3.05) is 31.1 Å². The van der Waals surface area contributed by atoms with E-state index in [0.717, 1.165) is 23.2 Å². The molecule has 0 saturated carbocycles. The lowest BCUT2D eigenvalue weighted by atomic mass is 9.94. The number of carbonyl (C=O) groups excluding carboxylic acids is 1. The summed E-state index contributed by atoms with van der Waals surface area (Å²) in [4.78, 5) is 17.0. The molecule has 0 bridgehead atoms. The van der Waals surface area contributed by atoms with Crippen molar-refractivity contribution in [3.63, 3.8) is 0 Å². The lowest BCUT2D eigenvalue weighted by Gasteiger charge is -2.42. The number of ether oxygens (including phenoxy) is 1. The van der Waals surface area contributed by atoms with Crippen LogP contribution in [0.1, 0.15) is 34.6 Å². The molecular weight excluding hydrogens is 444 g/mol. The van der Waals surface area contributed by atoms with Gasteiger partial charge in [0.25, 0.3) is 0 Å². The summed E-state index contributed by atoms with van der Waals surface area (Å²) in [6, 6.07) is 8.12. The minimum absolute atomic E-state index is 0.111. The van der Waals surface area contributed by atoms with E-state index in [0.29, 0.717) is 13.1 Å². The Kier molecular flexibility index (Phi) is 8.07. The van der Waals surface area contributed by atoms with Crippen LogP contribution in [0.5, 0.6) is 0 Å². The van der Waals surface area contributed by atoms with Gasteiger partial charge in [0, 0.05) is 36.3 Å². The van der Waals surface area contributed by atoms with Crippen molar-refractivity contribution in [1.29, 1.82) is 0 Å². The van der Waals surface area contributed by atoms with Gasteiger partial charge in [-0.3, -0.25) is 9.69 Å². The third-order valence-electron chi connectivity index (χ3n) is 4.78. The number of nitrogens with zero attached hydrogens (tertiary/aromatic N) is 2.